The molecule has 1 amide bonds. The SMILES string of the molecule is CCOC(=O)c1nnc(-c2ccc(Oc3cc(OC(C)C)cc(C(=O)Nc4ccn(C)n4)c3)cn2)o1. The summed E-state index contributed by atoms with van der Waals surface area (Å²) in [5.74, 6) is 0.385. The maximum atomic E-state index is 12.8. The van der Waals surface area contributed by atoms with Gasteiger partial charge in [0.1, 0.15) is 22.9 Å². The Balaban J connectivity index is 1.52. The van der Waals surface area contributed by atoms with Gasteiger partial charge in [-0.2, -0.15) is 5.10 Å². The average Bonchev–Trinajstić information content (AvgIpc) is 3.48. The van der Waals surface area contributed by atoms with Gasteiger partial charge in [0.05, 0.1) is 18.9 Å². The molecule has 1 N–H and O–H groups in total. The van der Waals surface area contributed by atoms with Crippen LogP contribution < -0.4 is 14.8 Å². The predicted octanol–water partition coefficient (Wildman–Crippen LogP) is 3.87. The molecule has 12 nitrogen and oxygen atoms in total. The van der Waals surface area contributed by atoms with Crippen molar-refractivity contribution >= 4 is 17.7 Å². The topological polar surface area (TPSA) is 143 Å². The fraction of sp³-hybridized carbons (Fsp3) is 0.250. The van der Waals surface area contributed by atoms with Gasteiger partial charge in [0.2, 0.25) is 0 Å². The number of anilines is 1. The van der Waals surface area contributed by atoms with Gasteiger partial charge in [-0.1, -0.05) is 0 Å². The number of amides is 1. The van der Waals surface area contributed by atoms with E-state index >= 15 is 0 Å². The number of hydrogen-bond acceptors (Lipinski definition) is 10. The summed E-state index contributed by atoms with van der Waals surface area (Å²) < 4.78 is 23.5. The number of rotatable bonds is 9. The van der Waals surface area contributed by atoms with Crippen molar-refractivity contribution in [3.05, 3.63) is 60.2 Å². The van der Waals surface area contributed by atoms with E-state index in [1.54, 1.807) is 61.2 Å². The van der Waals surface area contributed by atoms with Gasteiger partial charge in [0.25, 0.3) is 11.8 Å². The number of carbonyl (C=O) groups excluding carboxylic acids is 2. The maximum absolute atomic E-state index is 12.8. The molecule has 0 spiro atoms. The zero-order valence-corrected chi connectivity index (χ0v) is 20.1. The molecule has 4 rings (SSSR count). The Kier molecular flexibility index (Phi) is 7.23. The number of nitrogens with one attached hydrogen (secondary N) is 1. The second-order valence-electron chi connectivity index (χ2n) is 7.80. The summed E-state index contributed by atoms with van der Waals surface area (Å²) >= 11 is 0. The first-order valence-corrected chi connectivity index (χ1v) is 11.1. The molecule has 1 aromatic carbocycles. The Morgan fingerprint density at radius 1 is 1.08 bits per heavy atom. The largest absolute Gasteiger partial charge is 0.491 e. The highest BCUT2D eigenvalue weighted by Gasteiger charge is 2.18. The molecule has 0 aliphatic rings. The molecule has 0 saturated carbocycles. The van der Waals surface area contributed by atoms with E-state index in [0.29, 0.717) is 34.3 Å². The van der Waals surface area contributed by atoms with Gasteiger partial charge >= 0.3 is 11.9 Å². The Morgan fingerprint density at radius 3 is 2.56 bits per heavy atom. The van der Waals surface area contributed by atoms with Gasteiger partial charge in [0, 0.05) is 30.9 Å². The van der Waals surface area contributed by atoms with E-state index in [4.69, 9.17) is 18.6 Å². The summed E-state index contributed by atoms with van der Waals surface area (Å²) in [7, 11) is 1.76. The number of pyridine rings is 1. The highest BCUT2D eigenvalue weighted by Crippen LogP contribution is 2.29. The first kappa shape index (κ1) is 24.4. The first-order chi connectivity index (χ1) is 17.3. The van der Waals surface area contributed by atoms with E-state index < -0.39 is 5.97 Å². The lowest BCUT2D eigenvalue weighted by Gasteiger charge is -2.14. The summed E-state index contributed by atoms with van der Waals surface area (Å²) in [4.78, 5) is 28.8. The van der Waals surface area contributed by atoms with E-state index in [0.717, 1.165) is 0 Å². The molecule has 186 valence electrons. The highest BCUT2D eigenvalue weighted by molar-refractivity contribution is 6.04. The van der Waals surface area contributed by atoms with E-state index in [1.807, 2.05) is 13.8 Å². The smallest absolute Gasteiger partial charge is 0.396 e. The third-order valence-corrected chi connectivity index (χ3v) is 4.54. The second-order valence-corrected chi connectivity index (χ2v) is 7.80. The zero-order chi connectivity index (χ0) is 25.7. The summed E-state index contributed by atoms with van der Waals surface area (Å²) in [5, 5.41) is 14.4. The lowest BCUT2D eigenvalue weighted by Crippen LogP contribution is -2.13. The second kappa shape index (κ2) is 10.7. The molecule has 0 bridgehead atoms. The number of hydrogen-bond donors (Lipinski definition) is 1. The lowest BCUT2D eigenvalue weighted by molar-refractivity contribution is 0.0481. The molecule has 0 fully saturated rings. The van der Waals surface area contributed by atoms with Crippen LogP contribution in [0.4, 0.5) is 5.82 Å². The Hall–Kier alpha value is -4.74. The van der Waals surface area contributed by atoms with E-state index in [-0.39, 0.29) is 30.4 Å². The van der Waals surface area contributed by atoms with Crippen molar-refractivity contribution in [1.82, 2.24) is 25.0 Å². The number of benzene rings is 1. The van der Waals surface area contributed by atoms with Crippen LogP contribution in [0.3, 0.4) is 0 Å². The molecule has 3 aromatic heterocycles. The quantitative estimate of drug-likeness (QED) is 0.342. The molecule has 0 atom stereocenters. The van der Waals surface area contributed by atoms with E-state index in [2.05, 4.69) is 25.6 Å². The number of esters is 1. The zero-order valence-electron chi connectivity index (χ0n) is 20.1. The van der Waals surface area contributed by atoms with Crippen LogP contribution in [0.2, 0.25) is 0 Å². The van der Waals surface area contributed by atoms with Crippen molar-refractivity contribution in [1.29, 1.82) is 0 Å². The molecular weight excluding hydrogens is 468 g/mol. The van der Waals surface area contributed by atoms with Crippen molar-refractivity contribution in [3.63, 3.8) is 0 Å². The fourth-order valence-corrected chi connectivity index (χ4v) is 3.08. The molecule has 0 aliphatic carbocycles. The van der Waals surface area contributed by atoms with Crippen LogP contribution >= 0.6 is 0 Å². The van der Waals surface area contributed by atoms with Crippen LogP contribution in [-0.4, -0.2) is 49.5 Å². The van der Waals surface area contributed by atoms with Crippen LogP contribution in [0.25, 0.3) is 11.6 Å². The molecule has 4 aromatic rings. The van der Waals surface area contributed by atoms with Crippen LogP contribution in [0.1, 0.15) is 41.8 Å². The van der Waals surface area contributed by atoms with Gasteiger partial charge in [-0.05, 0) is 45.0 Å². The summed E-state index contributed by atoms with van der Waals surface area (Å²) in [5.41, 5.74) is 0.674. The minimum atomic E-state index is -0.706. The Labute approximate surface area is 206 Å². The first-order valence-electron chi connectivity index (χ1n) is 11.1. The van der Waals surface area contributed by atoms with Gasteiger partial charge < -0.3 is 23.9 Å². The number of nitrogens with zero attached hydrogens (tertiary/aromatic N) is 5. The minimum Gasteiger partial charge on any atom is -0.491 e. The third kappa shape index (κ3) is 6.03. The monoisotopic (exact) mass is 492 g/mol. The fourth-order valence-electron chi connectivity index (χ4n) is 3.08. The third-order valence-electron chi connectivity index (χ3n) is 4.54. The van der Waals surface area contributed by atoms with Crippen LogP contribution in [0, 0.1) is 0 Å². The minimum absolute atomic E-state index is 0.0606. The predicted molar refractivity (Wildman–Crippen MR) is 127 cm³/mol. The Morgan fingerprint density at radius 2 is 1.89 bits per heavy atom. The number of aryl methyl sites for hydroxylation is 1. The number of carbonyl (C=O) groups is 2. The molecule has 0 saturated heterocycles. The van der Waals surface area contributed by atoms with Crippen LogP contribution in [0.15, 0.2) is 53.2 Å². The maximum Gasteiger partial charge on any atom is 0.396 e. The molecule has 0 unspecified atom stereocenters. The highest BCUT2D eigenvalue weighted by atomic mass is 16.5. The van der Waals surface area contributed by atoms with Gasteiger partial charge in [-0.3, -0.25) is 9.48 Å². The Bertz CT molecular complexity index is 1360. The number of ether oxygens (including phenoxy) is 3. The normalized spacial score (nSPS) is 10.8. The lowest BCUT2D eigenvalue weighted by atomic mass is 10.2. The van der Waals surface area contributed by atoms with Crippen LogP contribution in [0.5, 0.6) is 17.2 Å². The number of aromatic nitrogens is 5. The van der Waals surface area contributed by atoms with Crippen LogP contribution in [-0.2, 0) is 11.8 Å². The van der Waals surface area contributed by atoms with Gasteiger partial charge in [0.15, 0.2) is 5.82 Å². The van der Waals surface area contributed by atoms with E-state index in [9.17, 15) is 9.59 Å². The van der Waals surface area contributed by atoms with Gasteiger partial charge in [-0.15, -0.1) is 10.2 Å². The molecule has 3 heterocycles. The summed E-state index contributed by atoms with van der Waals surface area (Å²) in [6.45, 7) is 5.64. The van der Waals surface area contributed by atoms with Crippen molar-refractivity contribution in [2.75, 3.05) is 11.9 Å². The van der Waals surface area contributed by atoms with Crippen molar-refractivity contribution in [2.45, 2.75) is 26.9 Å². The molecule has 12 heteroatoms. The van der Waals surface area contributed by atoms with Crippen molar-refractivity contribution < 1.29 is 28.2 Å². The van der Waals surface area contributed by atoms with Gasteiger partial charge in [-0.25, -0.2) is 9.78 Å². The molecule has 0 aliphatic heterocycles. The summed E-state index contributed by atoms with van der Waals surface area (Å²) in [6.07, 6.45) is 3.07. The molecule has 0 radical (unpaired) electrons. The summed E-state index contributed by atoms with van der Waals surface area (Å²) in [6, 6.07) is 9.82. The molecular formula is C24H24N6O6. The molecule has 36 heavy (non-hydrogen) atoms. The van der Waals surface area contributed by atoms with Crippen molar-refractivity contribution in [2.24, 2.45) is 7.05 Å². The van der Waals surface area contributed by atoms with Crippen molar-refractivity contribution in [3.8, 4) is 28.8 Å². The standard InChI is InChI=1S/C24H24N6O6/c1-5-33-24(32)23-28-27-22(36-23)19-7-6-16(13-25-19)35-18-11-15(10-17(12-18)34-14(2)3)21(31)26-20-8-9-30(4)29-20/h6-14H,5H2,1-4H3,(H,26,29,31). The van der Waals surface area contributed by atoms with E-state index in [1.165, 1.54) is 6.20 Å². The average molecular weight is 492 g/mol.